The number of amides is 2. The first-order chi connectivity index (χ1) is 12.6. The maximum Gasteiger partial charge on any atom is 0.307 e. The van der Waals surface area contributed by atoms with E-state index < -0.39 is 28.5 Å². The number of rotatable bonds is 9. The van der Waals surface area contributed by atoms with Crippen LogP contribution in [0.4, 0.5) is 0 Å². The number of carbonyl (C=O) groups excluding carboxylic acids is 3. The van der Waals surface area contributed by atoms with Crippen molar-refractivity contribution in [2.45, 2.75) is 32.1 Å². The van der Waals surface area contributed by atoms with E-state index in [0.717, 1.165) is 5.56 Å². The second-order valence-corrected chi connectivity index (χ2v) is 7.69. The number of hydrogen-bond donors (Lipinski definition) is 3. The van der Waals surface area contributed by atoms with Gasteiger partial charge < -0.3 is 15.4 Å². The van der Waals surface area contributed by atoms with Crippen LogP contribution in [-0.2, 0) is 29.1 Å². The van der Waals surface area contributed by atoms with Crippen LogP contribution in [0.3, 0.4) is 0 Å². The van der Waals surface area contributed by atoms with Crippen molar-refractivity contribution >= 4 is 27.8 Å². The molecule has 0 fully saturated rings. The highest BCUT2D eigenvalue weighted by molar-refractivity contribution is 7.89. The molecule has 10 heteroatoms. The van der Waals surface area contributed by atoms with Crippen molar-refractivity contribution in [3.05, 3.63) is 28.8 Å². The third-order valence-corrected chi connectivity index (χ3v) is 5.35. The Balaban J connectivity index is 2.47. The van der Waals surface area contributed by atoms with Gasteiger partial charge in [-0.05, 0) is 31.9 Å². The monoisotopic (exact) mass is 399 g/mol. The number of aryl methyl sites for hydroxylation is 3. The minimum atomic E-state index is -3.77. The van der Waals surface area contributed by atoms with Crippen LogP contribution < -0.4 is 15.4 Å². The highest BCUT2D eigenvalue weighted by atomic mass is 32.2. The molecule has 1 aromatic carbocycles. The van der Waals surface area contributed by atoms with Gasteiger partial charge in [-0.2, -0.15) is 0 Å². The van der Waals surface area contributed by atoms with Gasteiger partial charge in [-0.3, -0.25) is 14.4 Å². The molecule has 9 nitrogen and oxygen atoms in total. The summed E-state index contributed by atoms with van der Waals surface area (Å²) in [5.41, 5.74) is 2.20. The molecule has 2 amide bonds. The van der Waals surface area contributed by atoms with E-state index in [1.165, 1.54) is 7.05 Å². The summed E-state index contributed by atoms with van der Waals surface area (Å²) in [5.74, 6) is -1.74. The van der Waals surface area contributed by atoms with Crippen LogP contribution in [0.5, 0.6) is 0 Å². The van der Waals surface area contributed by atoms with E-state index in [0.29, 0.717) is 11.1 Å². The zero-order valence-corrected chi connectivity index (χ0v) is 16.7. The Labute approximate surface area is 158 Å². The standard InChI is InChI=1S/C17H25N3O6S/c1-11-7-12(2)17(13(3)8-11)27(24,25)20-6-5-16(23)26-10-15(22)19-9-14(21)18-4/h7-8,20H,5-6,9-10H2,1-4H3,(H,18,21)(H,19,22). The van der Waals surface area contributed by atoms with Crippen LogP contribution in [0, 0.1) is 20.8 Å². The van der Waals surface area contributed by atoms with Gasteiger partial charge in [0.15, 0.2) is 6.61 Å². The molecule has 27 heavy (non-hydrogen) atoms. The van der Waals surface area contributed by atoms with Crippen LogP contribution in [0.2, 0.25) is 0 Å². The predicted molar refractivity (Wildman–Crippen MR) is 98.5 cm³/mol. The number of ether oxygens (including phenoxy) is 1. The number of benzene rings is 1. The molecule has 0 radical (unpaired) electrons. The first-order valence-electron chi connectivity index (χ1n) is 8.27. The molecule has 0 atom stereocenters. The normalized spacial score (nSPS) is 11.0. The molecule has 150 valence electrons. The molecule has 1 aromatic rings. The van der Waals surface area contributed by atoms with Crippen molar-refractivity contribution < 1.29 is 27.5 Å². The Kier molecular flexibility index (Phi) is 8.38. The van der Waals surface area contributed by atoms with Gasteiger partial charge in [0, 0.05) is 13.6 Å². The number of likely N-dealkylation sites (N-methyl/N-ethyl adjacent to an activating group) is 1. The zero-order chi connectivity index (χ0) is 20.6. The smallest absolute Gasteiger partial charge is 0.307 e. The van der Waals surface area contributed by atoms with E-state index >= 15 is 0 Å². The van der Waals surface area contributed by atoms with Crippen molar-refractivity contribution in [2.24, 2.45) is 0 Å². The number of nitrogens with one attached hydrogen (secondary N) is 3. The molecular weight excluding hydrogens is 374 g/mol. The Hall–Kier alpha value is -2.46. The van der Waals surface area contributed by atoms with E-state index in [1.807, 2.05) is 6.92 Å². The molecule has 0 aromatic heterocycles. The Morgan fingerprint density at radius 2 is 1.63 bits per heavy atom. The highest BCUT2D eigenvalue weighted by Gasteiger charge is 2.20. The highest BCUT2D eigenvalue weighted by Crippen LogP contribution is 2.21. The molecule has 0 aliphatic heterocycles. The summed E-state index contributed by atoms with van der Waals surface area (Å²) in [7, 11) is -2.34. The van der Waals surface area contributed by atoms with Crippen LogP contribution in [0.25, 0.3) is 0 Å². The fraction of sp³-hybridized carbons (Fsp3) is 0.471. The molecule has 0 heterocycles. The lowest BCUT2D eigenvalue weighted by Crippen LogP contribution is -2.37. The molecule has 3 N–H and O–H groups in total. The van der Waals surface area contributed by atoms with Gasteiger partial charge in [-0.1, -0.05) is 17.7 Å². The van der Waals surface area contributed by atoms with Gasteiger partial charge >= 0.3 is 5.97 Å². The molecule has 0 aliphatic rings. The van der Waals surface area contributed by atoms with Crippen LogP contribution in [0.15, 0.2) is 17.0 Å². The molecule has 0 spiro atoms. The van der Waals surface area contributed by atoms with E-state index in [9.17, 15) is 22.8 Å². The van der Waals surface area contributed by atoms with Crippen LogP contribution >= 0.6 is 0 Å². The summed E-state index contributed by atoms with van der Waals surface area (Å²) in [6.07, 6.45) is -0.230. The molecular formula is C17H25N3O6S. The molecule has 0 aliphatic carbocycles. The van der Waals surface area contributed by atoms with Crippen molar-refractivity contribution in [3.63, 3.8) is 0 Å². The molecule has 0 saturated heterocycles. The summed E-state index contributed by atoms with van der Waals surface area (Å²) < 4.78 is 32.0. The van der Waals surface area contributed by atoms with Crippen molar-refractivity contribution in [2.75, 3.05) is 26.7 Å². The summed E-state index contributed by atoms with van der Waals surface area (Å²) in [6, 6.07) is 3.54. The van der Waals surface area contributed by atoms with Gasteiger partial charge in [0.25, 0.3) is 5.91 Å². The quantitative estimate of drug-likeness (QED) is 0.488. The predicted octanol–water partition coefficient (Wildman–Crippen LogP) is -0.314. The first kappa shape index (κ1) is 22.6. The second-order valence-electron chi connectivity index (χ2n) is 5.99. The number of esters is 1. The molecule has 0 unspecified atom stereocenters. The summed E-state index contributed by atoms with van der Waals surface area (Å²) in [6.45, 7) is 4.37. The number of hydrogen-bond acceptors (Lipinski definition) is 6. The minimum absolute atomic E-state index is 0.159. The lowest BCUT2D eigenvalue weighted by molar-refractivity contribution is -0.148. The van der Waals surface area contributed by atoms with Gasteiger partial charge in [-0.15, -0.1) is 0 Å². The van der Waals surface area contributed by atoms with Crippen LogP contribution in [0.1, 0.15) is 23.1 Å². The van der Waals surface area contributed by atoms with Gasteiger partial charge in [0.05, 0.1) is 17.9 Å². The minimum Gasteiger partial charge on any atom is -0.456 e. The fourth-order valence-corrected chi connectivity index (χ4v) is 3.97. The van der Waals surface area contributed by atoms with Crippen molar-refractivity contribution in [1.82, 2.24) is 15.4 Å². The molecule has 0 saturated carbocycles. The van der Waals surface area contributed by atoms with E-state index in [2.05, 4.69) is 15.4 Å². The Morgan fingerprint density at radius 3 is 2.19 bits per heavy atom. The van der Waals surface area contributed by atoms with E-state index in [4.69, 9.17) is 4.74 Å². The molecule has 1 rings (SSSR count). The topological polar surface area (TPSA) is 131 Å². The maximum atomic E-state index is 12.4. The van der Waals surface area contributed by atoms with Crippen molar-refractivity contribution in [1.29, 1.82) is 0 Å². The van der Waals surface area contributed by atoms with Gasteiger partial charge in [-0.25, -0.2) is 13.1 Å². The Bertz CT molecular complexity index is 797. The number of sulfonamides is 1. The summed E-state index contributed by atoms with van der Waals surface area (Å²) in [5, 5.41) is 4.59. The SMILES string of the molecule is CNC(=O)CNC(=O)COC(=O)CCNS(=O)(=O)c1c(C)cc(C)cc1C. The fourth-order valence-electron chi connectivity index (χ4n) is 2.49. The summed E-state index contributed by atoms with van der Waals surface area (Å²) in [4.78, 5) is 34.2. The summed E-state index contributed by atoms with van der Waals surface area (Å²) >= 11 is 0. The maximum absolute atomic E-state index is 12.4. The van der Waals surface area contributed by atoms with E-state index in [1.54, 1.807) is 26.0 Å². The van der Waals surface area contributed by atoms with Crippen LogP contribution in [-0.4, -0.2) is 52.9 Å². The average molecular weight is 399 g/mol. The lowest BCUT2D eigenvalue weighted by atomic mass is 10.1. The average Bonchev–Trinajstić information content (AvgIpc) is 2.56. The van der Waals surface area contributed by atoms with E-state index in [-0.39, 0.29) is 30.3 Å². The molecule has 0 bridgehead atoms. The third kappa shape index (κ3) is 7.35. The zero-order valence-electron chi connectivity index (χ0n) is 15.8. The Morgan fingerprint density at radius 1 is 1.04 bits per heavy atom. The van der Waals surface area contributed by atoms with Crippen molar-refractivity contribution in [3.8, 4) is 0 Å². The largest absolute Gasteiger partial charge is 0.456 e. The first-order valence-corrected chi connectivity index (χ1v) is 9.75. The third-order valence-electron chi connectivity index (χ3n) is 3.58. The van der Waals surface area contributed by atoms with Gasteiger partial charge in [0.1, 0.15) is 0 Å². The number of carbonyl (C=O) groups is 3. The lowest BCUT2D eigenvalue weighted by Gasteiger charge is -2.13. The second kappa shape index (κ2) is 10.0. The van der Waals surface area contributed by atoms with Gasteiger partial charge in [0.2, 0.25) is 15.9 Å².